The number of carbonyl (C=O) groups excluding carboxylic acids is 1. The Bertz CT molecular complexity index is 604. The minimum Gasteiger partial charge on any atom is -0.323 e. The van der Waals surface area contributed by atoms with E-state index in [4.69, 9.17) is 5.73 Å². The second kappa shape index (κ2) is 5.50. The van der Waals surface area contributed by atoms with Crippen molar-refractivity contribution < 1.29 is 4.79 Å². The molecule has 0 saturated carbocycles. The van der Waals surface area contributed by atoms with Gasteiger partial charge in [-0.05, 0) is 32.4 Å². The minimum absolute atomic E-state index is 0.122. The Labute approximate surface area is 116 Å². The third kappa shape index (κ3) is 3.19. The molecular formula is C14H17N3OS. The number of amides is 1. The Balaban J connectivity index is 2.16. The molecule has 1 unspecified atom stereocenters. The number of nitrogens with zero attached hydrogens (tertiary/aromatic N) is 1. The molecule has 0 aliphatic rings. The fourth-order valence-corrected chi connectivity index (χ4v) is 2.59. The standard InChI is InChI=1S/C14H17N3OS/c1-8-4-5-11(9(2)6-8)13(18)17-14-16-12(7-19-14)10(3)15/h4-7,10H,15H2,1-3H3,(H,16,17,18). The molecular weight excluding hydrogens is 258 g/mol. The fraction of sp³-hybridized carbons (Fsp3) is 0.286. The lowest BCUT2D eigenvalue weighted by molar-refractivity contribution is 0.102. The summed E-state index contributed by atoms with van der Waals surface area (Å²) in [5.41, 5.74) is 9.30. The van der Waals surface area contributed by atoms with Crippen molar-refractivity contribution in [2.24, 2.45) is 5.73 Å². The number of hydrogen-bond donors (Lipinski definition) is 2. The summed E-state index contributed by atoms with van der Waals surface area (Å²) in [6.07, 6.45) is 0. The average Bonchev–Trinajstić information content (AvgIpc) is 2.77. The van der Waals surface area contributed by atoms with Gasteiger partial charge in [0.05, 0.1) is 5.69 Å². The summed E-state index contributed by atoms with van der Waals surface area (Å²) in [5, 5.41) is 5.25. The highest BCUT2D eigenvalue weighted by atomic mass is 32.1. The zero-order valence-electron chi connectivity index (χ0n) is 11.2. The molecule has 19 heavy (non-hydrogen) atoms. The summed E-state index contributed by atoms with van der Waals surface area (Å²) in [4.78, 5) is 16.4. The van der Waals surface area contributed by atoms with Gasteiger partial charge >= 0.3 is 0 Å². The van der Waals surface area contributed by atoms with Gasteiger partial charge in [0, 0.05) is 17.0 Å². The number of benzene rings is 1. The molecule has 1 aromatic carbocycles. The zero-order chi connectivity index (χ0) is 14.0. The van der Waals surface area contributed by atoms with Gasteiger partial charge in [0.15, 0.2) is 5.13 Å². The van der Waals surface area contributed by atoms with Crippen molar-refractivity contribution >= 4 is 22.4 Å². The number of thiazole rings is 1. The second-order valence-electron chi connectivity index (χ2n) is 4.64. The Morgan fingerprint density at radius 3 is 2.74 bits per heavy atom. The van der Waals surface area contributed by atoms with Crippen LogP contribution >= 0.6 is 11.3 Å². The highest BCUT2D eigenvalue weighted by Crippen LogP contribution is 2.20. The van der Waals surface area contributed by atoms with E-state index in [-0.39, 0.29) is 11.9 Å². The Morgan fingerprint density at radius 1 is 1.42 bits per heavy atom. The SMILES string of the molecule is Cc1ccc(C(=O)Nc2nc(C(C)N)cs2)c(C)c1. The van der Waals surface area contributed by atoms with E-state index in [1.807, 2.05) is 44.4 Å². The Kier molecular flexibility index (Phi) is 3.97. The molecule has 0 fully saturated rings. The van der Waals surface area contributed by atoms with E-state index in [0.29, 0.717) is 10.7 Å². The summed E-state index contributed by atoms with van der Waals surface area (Å²) in [7, 11) is 0. The normalized spacial score (nSPS) is 12.2. The molecule has 3 N–H and O–H groups in total. The van der Waals surface area contributed by atoms with Crippen LogP contribution in [0.5, 0.6) is 0 Å². The summed E-state index contributed by atoms with van der Waals surface area (Å²) in [5.74, 6) is -0.136. The molecule has 1 amide bonds. The first kappa shape index (κ1) is 13.7. The van der Waals surface area contributed by atoms with Crippen molar-refractivity contribution in [3.8, 4) is 0 Å². The first-order valence-corrected chi connectivity index (χ1v) is 6.95. The van der Waals surface area contributed by atoms with E-state index in [1.54, 1.807) is 0 Å². The van der Waals surface area contributed by atoms with Gasteiger partial charge in [-0.15, -0.1) is 11.3 Å². The molecule has 0 spiro atoms. The number of nitrogens with two attached hydrogens (primary N) is 1. The summed E-state index contributed by atoms with van der Waals surface area (Å²) in [6.45, 7) is 5.80. The quantitative estimate of drug-likeness (QED) is 0.904. The molecule has 0 radical (unpaired) electrons. The van der Waals surface area contributed by atoms with E-state index in [9.17, 15) is 4.79 Å². The predicted molar refractivity (Wildman–Crippen MR) is 78.6 cm³/mol. The molecule has 1 atom stereocenters. The lowest BCUT2D eigenvalue weighted by Crippen LogP contribution is -2.13. The third-order valence-electron chi connectivity index (χ3n) is 2.84. The molecule has 0 aliphatic heterocycles. The smallest absolute Gasteiger partial charge is 0.257 e. The minimum atomic E-state index is -0.136. The molecule has 100 valence electrons. The molecule has 2 rings (SSSR count). The van der Waals surface area contributed by atoms with Crippen molar-refractivity contribution in [3.05, 3.63) is 46.0 Å². The van der Waals surface area contributed by atoms with Gasteiger partial charge in [0.25, 0.3) is 5.91 Å². The first-order chi connectivity index (χ1) is 8.97. The molecule has 1 heterocycles. The maximum Gasteiger partial charge on any atom is 0.257 e. The van der Waals surface area contributed by atoms with Crippen LogP contribution in [0, 0.1) is 13.8 Å². The van der Waals surface area contributed by atoms with Crippen molar-refractivity contribution in [2.75, 3.05) is 5.32 Å². The lowest BCUT2D eigenvalue weighted by atomic mass is 10.1. The third-order valence-corrected chi connectivity index (χ3v) is 3.61. The number of aromatic nitrogens is 1. The highest BCUT2D eigenvalue weighted by molar-refractivity contribution is 7.14. The van der Waals surface area contributed by atoms with Gasteiger partial charge < -0.3 is 5.73 Å². The van der Waals surface area contributed by atoms with Crippen LogP contribution in [-0.4, -0.2) is 10.9 Å². The van der Waals surface area contributed by atoms with Crippen LogP contribution in [-0.2, 0) is 0 Å². The highest BCUT2D eigenvalue weighted by Gasteiger charge is 2.12. The zero-order valence-corrected chi connectivity index (χ0v) is 12.0. The first-order valence-electron chi connectivity index (χ1n) is 6.07. The molecule has 1 aromatic heterocycles. The lowest BCUT2D eigenvalue weighted by Gasteiger charge is -2.06. The number of nitrogens with one attached hydrogen (secondary N) is 1. The fourth-order valence-electron chi connectivity index (χ4n) is 1.79. The van der Waals surface area contributed by atoms with Crippen LogP contribution in [0.15, 0.2) is 23.6 Å². The van der Waals surface area contributed by atoms with Gasteiger partial charge in [-0.1, -0.05) is 17.7 Å². The topological polar surface area (TPSA) is 68.0 Å². The van der Waals surface area contributed by atoms with Crippen molar-refractivity contribution in [1.82, 2.24) is 4.98 Å². The van der Waals surface area contributed by atoms with Crippen LogP contribution in [0.1, 0.15) is 40.1 Å². The van der Waals surface area contributed by atoms with Crippen LogP contribution < -0.4 is 11.1 Å². The van der Waals surface area contributed by atoms with Gasteiger partial charge in [0.1, 0.15) is 0 Å². The van der Waals surface area contributed by atoms with Gasteiger partial charge in [-0.25, -0.2) is 4.98 Å². The number of anilines is 1. The largest absolute Gasteiger partial charge is 0.323 e. The Morgan fingerprint density at radius 2 is 2.16 bits per heavy atom. The predicted octanol–water partition coefficient (Wildman–Crippen LogP) is 3.03. The number of rotatable bonds is 3. The summed E-state index contributed by atoms with van der Waals surface area (Å²) in [6, 6.07) is 5.63. The van der Waals surface area contributed by atoms with Crippen LogP contribution in [0.25, 0.3) is 0 Å². The molecule has 0 bridgehead atoms. The van der Waals surface area contributed by atoms with Gasteiger partial charge in [-0.2, -0.15) is 0 Å². The van der Waals surface area contributed by atoms with E-state index < -0.39 is 0 Å². The average molecular weight is 275 g/mol. The molecule has 0 saturated heterocycles. The molecule has 2 aromatic rings. The monoisotopic (exact) mass is 275 g/mol. The van der Waals surface area contributed by atoms with Crippen molar-refractivity contribution in [3.63, 3.8) is 0 Å². The number of hydrogen-bond acceptors (Lipinski definition) is 4. The van der Waals surface area contributed by atoms with Gasteiger partial charge in [-0.3, -0.25) is 10.1 Å². The number of aryl methyl sites for hydroxylation is 2. The summed E-state index contributed by atoms with van der Waals surface area (Å²) < 4.78 is 0. The van der Waals surface area contributed by atoms with Gasteiger partial charge in [0.2, 0.25) is 0 Å². The van der Waals surface area contributed by atoms with Crippen LogP contribution in [0.4, 0.5) is 5.13 Å². The van der Waals surface area contributed by atoms with Crippen LogP contribution in [0.2, 0.25) is 0 Å². The van der Waals surface area contributed by atoms with E-state index in [0.717, 1.165) is 16.8 Å². The Hall–Kier alpha value is -1.72. The molecule has 0 aliphatic carbocycles. The van der Waals surface area contributed by atoms with Crippen molar-refractivity contribution in [2.45, 2.75) is 26.8 Å². The number of carbonyl (C=O) groups is 1. The summed E-state index contributed by atoms with van der Waals surface area (Å²) >= 11 is 1.39. The molecule has 5 heteroatoms. The molecule has 4 nitrogen and oxygen atoms in total. The maximum atomic E-state index is 12.1. The van der Waals surface area contributed by atoms with Crippen molar-refractivity contribution in [1.29, 1.82) is 0 Å². The second-order valence-corrected chi connectivity index (χ2v) is 5.50. The van der Waals surface area contributed by atoms with E-state index in [1.165, 1.54) is 11.3 Å². The maximum absolute atomic E-state index is 12.1. The van der Waals surface area contributed by atoms with Crippen LogP contribution in [0.3, 0.4) is 0 Å². The van der Waals surface area contributed by atoms with E-state index >= 15 is 0 Å². The van der Waals surface area contributed by atoms with E-state index in [2.05, 4.69) is 10.3 Å².